The van der Waals surface area contributed by atoms with Gasteiger partial charge in [0.2, 0.25) is 11.8 Å². The third-order valence-electron chi connectivity index (χ3n) is 5.05. The highest BCUT2D eigenvalue weighted by molar-refractivity contribution is 7.98. The summed E-state index contributed by atoms with van der Waals surface area (Å²) in [7, 11) is 0. The van der Waals surface area contributed by atoms with Gasteiger partial charge in [0.25, 0.3) is 0 Å². The first-order valence-electron chi connectivity index (χ1n) is 10.8. The molecule has 1 unspecified atom stereocenters. The summed E-state index contributed by atoms with van der Waals surface area (Å²) < 4.78 is 0. The predicted molar refractivity (Wildman–Crippen MR) is 126 cm³/mol. The average Bonchev–Trinajstić information content (AvgIpc) is 2.78. The zero-order valence-corrected chi connectivity index (χ0v) is 19.0. The Morgan fingerprint density at radius 2 is 1.63 bits per heavy atom. The third-order valence-corrected chi connectivity index (χ3v) is 6.08. The molecular weight excluding hydrogens is 392 g/mol. The molecule has 4 nitrogen and oxygen atoms in total. The van der Waals surface area contributed by atoms with E-state index in [4.69, 9.17) is 0 Å². The Kier molecular flexibility index (Phi) is 11.1. The molecule has 0 saturated heterocycles. The molecule has 0 aliphatic carbocycles. The second kappa shape index (κ2) is 13.9. The van der Waals surface area contributed by atoms with Gasteiger partial charge in [0.1, 0.15) is 6.04 Å². The minimum atomic E-state index is -0.461. The van der Waals surface area contributed by atoms with E-state index in [-0.39, 0.29) is 11.8 Å². The number of thioether (sulfide) groups is 1. The van der Waals surface area contributed by atoms with Crippen molar-refractivity contribution in [3.05, 3.63) is 71.8 Å². The molecule has 2 aromatic carbocycles. The van der Waals surface area contributed by atoms with Crippen LogP contribution in [0.25, 0.3) is 0 Å². The Balaban J connectivity index is 1.90. The molecule has 0 aliphatic heterocycles. The van der Waals surface area contributed by atoms with E-state index < -0.39 is 6.04 Å². The summed E-state index contributed by atoms with van der Waals surface area (Å²) in [6.45, 7) is 5.14. The molecular formula is C25H34N2O2S. The second-order valence-electron chi connectivity index (χ2n) is 7.43. The van der Waals surface area contributed by atoms with Crippen molar-refractivity contribution >= 4 is 23.6 Å². The summed E-state index contributed by atoms with van der Waals surface area (Å²) in [6, 6.07) is 19.9. The number of nitrogens with zero attached hydrogens (tertiary/aromatic N) is 1. The summed E-state index contributed by atoms with van der Waals surface area (Å²) in [5.41, 5.74) is 2.44. The standard InChI is InChI=1S/C25H34N2O2S/c1-3-4-17-26-25(29)21(2)27(18-15-22-11-7-5-8-12-22)24(28)16-19-30-20-23-13-9-6-10-14-23/h5-14,21H,3-4,15-20H2,1-2H3,(H,26,29). The molecule has 1 N–H and O–H groups in total. The number of carbonyl (C=O) groups excluding carboxylic acids is 2. The van der Waals surface area contributed by atoms with Gasteiger partial charge in [-0.3, -0.25) is 9.59 Å². The molecule has 0 aliphatic rings. The Morgan fingerprint density at radius 1 is 1.00 bits per heavy atom. The Hall–Kier alpha value is -2.27. The predicted octanol–water partition coefficient (Wildman–Crippen LogP) is 4.69. The molecule has 2 aromatic rings. The normalized spacial score (nSPS) is 11.7. The minimum absolute atomic E-state index is 0.0460. The number of unbranched alkanes of at least 4 members (excludes halogenated alkanes) is 1. The lowest BCUT2D eigenvalue weighted by atomic mass is 10.1. The average molecular weight is 427 g/mol. The molecule has 0 radical (unpaired) electrons. The Bertz CT molecular complexity index is 752. The number of amides is 2. The van der Waals surface area contributed by atoms with Crippen LogP contribution in [0.3, 0.4) is 0 Å². The zero-order valence-electron chi connectivity index (χ0n) is 18.2. The SMILES string of the molecule is CCCCNC(=O)C(C)N(CCc1ccccc1)C(=O)CCSCc1ccccc1. The molecule has 0 spiro atoms. The quantitative estimate of drug-likeness (QED) is 0.473. The molecule has 0 aromatic heterocycles. The van der Waals surface area contributed by atoms with E-state index in [1.165, 1.54) is 11.1 Å². The third kappa shape index (κ3) is 8.62. The number of hydrogen-bond acceptors (Lipinski definition) is 3. The zero-order chi connectivity index (χ0) is 21.6. The maximum atomic E-state index is 13.0. The van der Waals surface area contributed by atoms with Gasteiger partial charge in [-0.2, -0.15) is 11.8 Å². The van der Waals surface area contributed by atoms with E-state index in [1.54, 1.807) is 16.7 Å². The highest BCUT2D eigenvalue weighted by Gasteiger charge is 2.25. The molecule has 0 saturated carbocycles. The molecule has 30 heavy (non-hydrogen) atoms. The lowest BCUT2D eigenvalue weighted by molar-refractivity contribution is -0.139. The fraction of sp³-hybridized carbons (Fsp3) is 0.440. The van der Waals surface area contributed by atoms with Crippen molar-refractivity contribution in [2.75, 3.05) is 18.8 Å². The summed E-state index contributed by atoms with van der Waals surface area (Å²) in [6.07, 6.45) is 3.17. The van der Waals surface area contributed by atoms with E-state index in [1.807, 2.05) is 43.3 Å². The summed E-state index contributed by atoms with van der Waals surface area (Å²) in [5, 5.41) is 2.97. The second-order valence-corrected chi connectivity index (χ2v) is 8.54. The molecule has 1 atom stereocenters. The van der Waals surface area contributed by atoms with Crippen LogP contribution in [0, 0.1) is 0 Å². The van der Waals surface area contributed by atoms with Gasteiger partial charge >= 0.3 is 0 Å². The van der Waals surface area contributed by atoms with Crippen molar-refractivity contribution in [1.29, 1.82) is 0 Å². The summed E-state index contributed by atoms with van der Waals surface area (Å²) >= 11 is 1.76. The van der Waals surface area contributed by atoms with E-state index in [0.717, 1.165) is 30.8 Å². The topological polar surface area (TPSA) is 49.4 Å². The molecule has 0 heterocycles. The summed E-state index contributed by atoms with van der Waals surface area (Å²) in [5.74, 6) is 1.62. The maximum absolute atomic E-state index is 13.0. The van der Waals surface area contributed by atoms with Crippen LogP contribution in [-0.4, -0.2) is 41.6 Å². The van der Waals surface area contributed by atoms with Gasteiger partial charge in [0.05, 0.1) is 0 Å². The monoisotopic (exact) mass is 426 g/mol. The van der Waals surface area contributed by atoms with Gasteiger partial charge in [-0.25, -0.2) is 0 Å². The van der Waals surface area contributed by atoms with Crippen molar-refractivity contribution in [2.24, 2.45) is 0 Å². The van der Waals surface area contributed by atoms with Crippen LogP contribution >= 0.6 is 11.8 Å². The van der Waals surface area contributed by atoms with Gasteiger partial charge in [0, 0.05) is 31.0 Å². The van der Waals surface area contributed by atoms with Gasteiger partial charge in [-0.05, 0) is 30.9 Å². The Morgan fingerprint density at radius 3 is 2.27 bits per heavy atom. The van der Waals surface area contributed by atoms with Crippen LogP contribution in [0.4, 0.5) is 0 Å². The van der Waals surface area contributed by atoms with E-state index in [0.29, 0.717) is 19.5 Å². The smallest absolute Gasteiger partial charge is 0.242 e. The Labute approximate surface area is 185 Å². The van der Waals surface area contributed by atoms with Crippen molar-refractivity contribution in [2.45, 2.75) is 51.3 Å². The first-order valence-corrected chi connectivity index (χ1v) is 12.0. The van der Waals surface area contributed by atoms with Gasteiger partial charge in [-0.1, -0.05) is 74.0 Å². The van der Waals surface area contributed by atoms with Gasteiger partial charge < -0.3 is 10.2 Å². The van der Waals surface area contributed by atoms with Crippen LogP contribution in [0.5, 0.6) is 0 Å². The number of hydrogen-bond donors (Lipinski definition) is 1. The van der Waals surface area contributed by atoms with Crippen LogP contribution in [-0.2, 0) is 21.8 Å². The highest BCUT2D eigenvalue weighted by atomic mass is 32.2. The molecule has 5 heteroatoms. The molecule has 2 amide bonds. The number of carbonyl (C=O) groups is 2. The number of nitrogens with one attached hydrogen (secondary N) is 1. The van der Waals surface area contributed by atoms with Crippen molar-refractivity contribution in [3.8, 4) is 0 Å². The molecule has 0 fully saturated rings. The van der Waals surface area contributed by atoms with Crippen LogP contribution in [0.2, 0.25) is 0 Å². The van der Waals surface area contributed by atoms with Gasteiger partial charge in [0.15, 0.2) is 0 Å². The largest absolute Gasteiger partial charge is 0.354 e. The summed E-state index contributed by atoms with van der Waals surface area (Å²) in [4.78, 5) is 27.3. The van der Waals surface area contributed by atoms with Crippen LogP contribution in [0.1, 0.15) is 44.2 Å². The van der Waals surface area contributed by atoms with E-state index in [9.17, 15) is 9.59 Å². The van der Waals surface area contributed by atoms with Crippen LogP contribution < -0.4 is 5.32 Å². The van der Waals surface area contributed by atoms with Crippen molar-refractivity contribution in [3.63, 3.8) is 0 Å². The van der Waals surface area contributed by atoms with E-state index >= 15 is 0 Å². The fourth-order valence-electron chi connectivity index (χ4n) is 3.17. The van der Waals surface area contributed by atoms with E-state index in [2.05, 4.69) is 36.5 Å². The highest BCUT2D eigenvalue weighted by Crippen LogP contribution is 2.15. The maximum Gasteiger partial charge on any atom is 0.242 e. The minimum Gasteiger partial charge on any atom is -0.354 e. The van der Waals surface area contributed by atoms with Crippen LogP contribution in [0.15, 0.2) is 60.7 Å². The first kappa shape index (κ1) is 24.0. The first-order chi connectivity index (χ1) is 14.6. The molecule has 0 bridgehead atoms. The lowest BCUT2D eigenvalue weighted by Crippen LogP contribution is -2.49. The van der Waals surface area contributed by atoms with Crippen molar-refractivity contribution < 1.29 is 9.59 Å². The lowest BCUT2D eigenvalue weighted by Gasteiger charge is -2.29. The van der Waals surface area contributed by atoms with Gasteiger partial charge in [-0.15, -0.1) is 0 Å². The van der Waals surface area contributed by atoms with Crippen molar-refractivity contribution in [1.82, 2.24) is 10.2 Å². The molecule has 2 rings (SSSR count). The number of rotatable bonds is 13. The number of benzene rings is 2. The molecule has 162 valence electrons. The fourth-order valence-corrected chi connectivity index (χ4v) is 4.06.